The maximum absolute atomic E-state index is 14.3. The first-order valence-electron chi connectivity index (χ1n) is 15.3. The Morgan fingerprint density at radius 1 is 1.16 bits per heavy atom. The van der Waals surface area contributed by atoms with Crippen LogP contribution in [0.25, 0.3) is 0 Å². The van der Waals surface area contributed by atoms with Gasteiger partial charge in [-0.2, -0.15) is 10.2 Å². The number of hydrogen-bond acceptors (Lipinski definition) is 9. The SMILES string of the molecule is CO/C=C/C(=O)N1CCN(c2nc(N3CC(N(C)C)C3)nc3c2CC[C@@H](N2CCCc4ccc(F)cc42)C3)C[C@@H]1CC#N. The van der Waals surface area contributed by atoms with E-state index in [2.05, 4.69) is 39.8 Å². The summed E-state index contributed by atoms with van der Waals surface area (Å²) in [6, 6.07) is 7.93. The molecule has 0 radical (unpaired) electrons. The number of piperazine rings is 1. The minimum Gasteiger partial charge on any atom is -0.504 e. The van der Waals surface area contributed by atoms with Gasteiger partial charge in [-0.05, 0) is 57.5 Å². The Morgan fingerprint density at radius 3 is 2.77 bits per heavy atom. The van der Waals surface area contributed by atoms with Gasteiger partial charge in [0.2, 0.25) is 11.9 Å². The van der Waals surface area contributed by atoms with Crippen LogP contribution in [-0.2, 0) is 28.8 Å². The first kappa shape index (κ1) is 29.2. The number of carbonyl (C=O) groups is 1. The molecule has 0 spiro atoms. The zero-order chi connectivity index (χ0) is 30.1. The second kappa shape index (κ2) is 12.4. The standard InChI is InChI=1S/C32H41FN8O2/c1-37(2)26-20-39(21-26)32-35-28-18-24(40-13-4-5-22-6-7-23(33)17-29(22)40)8-9-27(28)31(36-32)38-14-15-41(25(19-38)10-12-34)30(42)11-16-43-3/h6-7,11,16-17,24-26H,4-5,8-10,13-15,18-21H2,1-3H3/b16-11+/t24-,25+/m1/s1. The molecule has 1 aliphatic carbocycles. The van der Waals surface area contributed by atoms with Gasteiger partial charge in [-0.25, -0.2) is 9.37 Å². The van der Waals surface area contributed by atoms with Crippen LogP contribution in [0.4, 0.5) is 21.8 Å². The highest BCUT2D eigenvalue weighted by Crippen LogP contribution is 2.37. The Bertz CT molecular complexity index is 1420. The number of carbonyl (C=O) groups excluding carboxylic acids is 1. The number of hydrogen-bond donors (Lipinski definition) is 0. The summed E-state index contributed by atoms with van der Waals surface area (Å²) >= 11 is 0. The number of ether oxygens (including phenoxy) is 1. The Morgan fingerprint density at radius 2 is 2.00 bits per heavy atom. The molecule has 0 saturated carbocycles. The molecular weight excluding hydrogens is 547 g/mol. The van der Waals surface area contributed by atoms with Gasteiger partial charge in [0, 0.05) is 75.1 Å². The minimum absolute atomic E-state index is 0.149. The van der Waals surface area contributed by atoms with Crippen LogP contribution in [0.1, 0.15) is 36.1 Å². The minimum atomic E-state index is -0.250. The lowest BCUT2D eigenvalue weighted by Crippen LogP contribution is -2.58. The van der Waals surface area contributed by atoms with Gasteiger partial charge in [0.15, 0.2) is 0 Å². The molecule has 1 aromatic carbocycles. The summed E-state index contributed by atoms with van der Waals surface area (Å²) in [6.07, 6.45) is 7.62. The van der Waals surface area contributed by atoms with E-state index in [0.717, 1.165) is 80.4 Å². The molecule has 1 aromatic heterocycles. The number of aromatic nitrogens is 2. The smallest absolute Gasteiger partial charge is 0.250 e. The normalized spacial score (nSPS) is 22.3. The van der Waals surface area contributed by atoms with Crippen molar-refractivity contribution in [3.05, 3.63) is 53.2 Å². The van der Waals surface area contributed by atoms with Gasteiger partial charge in [0.25, 0.3) is 0 Å². The van der Waals surface area contributed by atoms with E-state index in [-0.39, 0.29) is 30.2 Å². The average molecular weight is 589 g/mol. The average Bonchev–Trinajstić information content (AvgIpc) is 2.98. The monoisotopic (exact) mass is 588 g/mol. The number of likely N-dealkylation sites (N-methyl/N-ethyl adjacent to an activating group) is 1. The Hall–Kier alpha value is -3.91. The Kier molecular flexibility index (Phi) is 8.39. The van der Waals surface area contributed by atoms with Crippen LogP contribution in [0.5, 0.6) is 0 Å². The fourth-order valence-electron chi connectivity index (χ4n) is 6.98. The maximum Gasteiger partial charge on any atom is 0.250 e. The number of nitriles is 1. The van der Waals surface area contributed by atoms with Crippen molar-refractivity contribution in [3.8, 4) is 6.07 Å². The van der Waals surface area contributed by atoms with E-state index in [4.69, 9.17) is 14.7 Å². The molecule has 6 rings (SSSR count). The highest BCUT2D eigenvalue weighted by molar-refractivity contribution is 5.88. The molecular formula is C32H41FN8O2. The largest absolute Gasteiger partial charge is 0.504 e. The topological polar surface area (TPSA) is 92.1 Å². The summed E-state index contributed by atoms with van der Waals surface area (Å²) in [4.78, 5) is 34.1. The third-order valence-corrected chi connectivity index (χ3v) is 9.47. The van der Waals surface area contributed by atoms with E-state index in [1.54, 1.807) is 17.0 Å². The first-order valence-corrected chi connectivity index (χ1v) is 15.3. The number of anilines is 3. The number of benzene rings is 1. The number of aryl methyl sites for hydroxylation is 1. The highest BCUT2D eigenvalue weighted by atomic mass is 19.1. The Labute approximate surface area is 253 Å². The molecule has 4 aliphatic rings. The highest BCUT2D eigenvalue weighted by Gasteiger charge is 2.37. The molecule has 3 aliphatic heterocycles. The molecule has 43 heavy (non-hydrogen) atoms. The van der Waals surface area contributed by atoms with Crippen LogP contribution >= 0.6 is 0 Å². The number of rotatable bonds is 7. The zero-order valence-electron chi connectivity index (χ0n) is 25.4. The third kappa shape index (κ3) is 5.85. The molecule has 0 N–H and O–H groups in total. The second-order valence-electron chi connectivity index (χ2n) is 12.3. The predicted molar refractivity (Wildman–Crippen MR) is 164 cm³/mol. The predicted octanol–water partition coefficient (Wildman–Crippen LogP) is 2.77. The van der Waals surface area contributed by atoms with Gasteiger partial charge < -0.3 is 29.2 Å². The van der Waals surface area contributed by atoms with Gasteiger partial charge in [-0.15, -0.1) is 0 Å². The molecule has 2 saturated heterocycles. The van der Waals surface area contributed by atoms with Gasteiger partial charge in [0.1, 0.15) is 11.6 Å². The van der Waals surface area contributed by atoms with Crippen LogP contribution in [0.3, 0.4) is 0 Å². The summed E-state index contributed by atoms with van der Waals surface area (Å²) in [5.74, 6) is 1.34. The van der Waals surface area contributed by atoms with Crippen molar-refractivity contribution in [2.45, 2.75) is 56.7 Å². The third-order valence-electron chi connectivity index (χ3n) is 9.47. The van der Waals surface area contributed by atoms with Gasteiger partial charge in [-0.3, -0.25) is 4.79 Å². The second-order valence-corrected chi connectivity index (χ2v) is 12.3. The summed E-state index contributed by atoms with van der Waals surface area (Å²) in [6.45, 7) is 4.32. The lowest BCUT2D eigenvalue weighted by Gasteiger charge is -2.45. The van der Waals surface area contributed by atoms with Crippen molar-refractivity contribution in [2.75, 3.05) is 75.2 Å². The number of nitrogens with zero attached hydrogens (tertiary/aromatic N) is 8. The zero-order valence-corrected chi connectivity index (χ0v) is 25.4. The summed E-state index contributed by atoms with van der Waals surface area (Å²) in [7, 11) is 5.71. The van der Waals surface area contributed by atoms with E-state index in [9.17, 15) is 14.4 Å². The molecule has 1 amide bonds. The molecule has 228 valence electrons. The van der Waals surface area contributed by atoms with Gasteiger partial charge >= 0.3 is 0 Å². The summed E-state index contributed by atoms with van der Waals surface area (Å²) < 4.78 is 19.3. The van der Waals surface area contributed by atoms with Crippen molar-refractivity contribution < 1.29 is 13.9 Å². The number of methoxy groups -OCH3 is 1. The molecule has 0 unspecified atom stereocenters. The summed E-state index contributed by atoms with van der Waals surface area (Å²) in [5.41, 5.74) is 4.46. The van der Waals surface area contributed by atoms with E-state index >= 15 is 0 Å². The van der Waals surface area contributed by atoms with E-state index in [1.807, 2.05) is 6.07 Å². The van der Waals surface area contributed by atoms with E-state index in [0.29, 0.717) is 25.7 Å². The van der Waals surface area contributed by atoms with E-state index < -0.39 is 0 Å². The Balaban J connectivity index is 1.30. The molecule has 2 aromatic rings. The fraction of sp³-hybridized carbons (Fsp3) is 0.562. The lowest BCUT2D eigenvalue weighted by molar-refractivity contribution is -0.128. The van der Waals surface area contributed by atoms with Crippen LogP contribution in [0, 0.1) is 17.1 Å². The summed E-state index contributed by atoms with van der Waals surface area (Å²) in [5, 5.41) is 9.60. The van der Waals surface area contributed by atoms with Gasteiger partial charge in [0.05, 0.1) is 37.6 Å². The van der Waals surface area contributed by atoms with Crippen molar-refractivity contribution in [1.29, 1.82) is 5.26 Å². The van der Waals surface area contributed by atoms with Crippen LogP contribution in [-0.4, -0.2) is 104 Å². The lowest BCUT2D eigenvalue weighted by atomic mass is 9.88. The van der Waals surface area contributed by atoms with Crippen molar-refractivity contribution in [1.82, 2.24) is 19.8 Å². The van der Waals surface area contributed by atoms with Crippen molar-refractivity contribution in [3.63, 3.8) is 0 Å². The van der Waals surface area contributed by atoms with Crippen LogP contribution in [0.15, 0.2) is 30.5 Å². The number of halogens is 1. The molecule has 2 fully saturated rings. The van der Waals surface area contributed by atoms with E-state index in [1.165, 1.54) is 25.0 Å². The quantitative estimate of drug-likeness (QED) is 0.358. The molecule has 0 bridgehead atoms. The van der Waals surface area contributed by atoms with Crippen LogP contribution in [0.2, 0.25) is 0 Å². The molecule has 4 heterocycles. The van der Waals surface area contributed by atoms with Crippen LogP contribution < -0.4 is 14.7 Å². The molecule has 11 heteroatoms. The molecule has 2 atom stereocenters. The number of fused-ring (bicyclic) bond motifs is 2. The van der Waals surface area contributed by atoms with Crippen molar-refractivity contribution in [2.24, 2.45) is 0 Å². The number of amides is 1. The maximum atomic E-state index is 14.3. The fourth-order valence-corrected chi connectivity index (χ4v) is 6.98. The molecule has 10 nitrogen and oxygen atoms in total. The van der Waals surface area contributed by atoms with Gasteiger partial charge in [-0.1, -0.05) is 6.07 Å². The first-order chi connectivity index (χ1) is 20.9. The van der Waals surface area contributed by atoms with Crippen molar-refractivity contribution >= 4 is 23.4 Å².